The quantitative estimate of drug-likeness (QED) is 0.543. The van der Waals surface area contributed by atoms with Crippen LogP contribution in [-0.2, 0) is 0 Å². The van der Waals surface area contributed by atoms with E-state index in [1.54, 1.807) is 11.8 Å². The summed E-state index contributed by atoms with van der Waals surface area (Å²) < 4.78 is 2.35. The summed E-state index contributed by atoms with van der Waals surface area (Å²) in [7, 11) is 0. The van der Waals surface area contributed by atoms with Crippen molar-refractivity contribution in [3.63, 3.8) is 0 Å². The van der Waals surface area contributed by atoms with Crippen LogP contribution in [0.5, 0.6) is 0 Å². The summed E-state index contributed by atoms with van der Waals surface area (Å²) in [6, 6.07) is 14.2. The standard InChI is InChI=1S/C12H7BrClIS/c13-11-7-9(15)3-6-12(11)16-10-4-1-8(14)2-5-10/h1-7H. The monoisotopic (exact) mass is 424 g/mol. The third kappa shape index (κ3) is 3.39. The number of hydrogen-bond acceptors (Lipinski definition) is 1. The molecule has 0 amide bonds. The topological polar surface area (TPSA) is 0 Å². The highest BCUT2D eigenvalue weighted by Crippen LogP contribution is 2.34. The number of hydrogen-bond donors (Lipinski definition) is 0. The Morgan fingerprint density at radius 2 is 1.75 bits per heavy atom. The predicted octanol–water partition coefficient (Wildman–Crippen LogP) is 5.86. The van der Waals surface area contributed by atoms with E-state index in [0.29, 0.717) is 0 Å². The van der Waals surface area contributed by atoms with Crippen LogP contribution in [0.1, 0.15) is 0 Å². The van der Waals surface area contributed by atoms with Crippen molar-refractivity contribution in [3.8, 4) is 0 Å². The van der Waals surface area contributed by atoms with Gasteiger partial charge in [0.1, 0.15) is 0 Å². The molecule has 0 saturated heterocycles. The largest absolute Gasteiger partial charge is 0.0889 e. The highest BCUT2D eigenvalue weighted by molar-refractivity contribution is 14.1. The van der Waals surface area contributed by atoms with Gasteiger partial charge in [-0.15, -0.1) is 0 Å². The van der Waals surface area contributed by atoms with Gasteiger partial charge in [0.15, 0.2) is 0 Å². The van der Waals surface area contributed by atoms with E-state index in [4.69, 9.17) is 11.6 Å². The lowest BCUT2D eigenvalue weighted by atomic mass is 10.4. The van der Waals surface area contributed by atoms with Crippen LogP contribution in [0.25, 0.3) is 0 Å². The molecule has 0 saturated carbocycles. The van der Waals surface area contributed by atoms with Crippen LogP contribution >= 0.6 is 61.9 Å². The van der Waals surface area contributed by atoms with E-state index >= 15 is 0 Å². The summed E-state index contributed by atoms with van der Waals surface area (Å²) in [6.07, 6.45) is 0. The molecule has 0 atom stereocenters. The van der Waals surface area contributed by atoms with Gasteiger partial charge in [-0.1, -0.05) is 23.4 Å². The summed E-state index contributed by atoms with van der Waals surface area (Å²) in [5, 5.41) is 0.769. The third-order valence-corrected chi connectivity index (χ3v) is 4.86. The Kier molecular flexibility index (Phi) is 4.58. The number of benzene rings is 2. The van der Waals surface area contributed by atoms with E-state index in [2.05, 4.69) is 56.7 Å². The second kappa shape index (κ2) is 5.76. The first-order chi connectivity index (χ1) is 7.65. The van der Waals surface area contributed by atoms with Crippen LogP contribution in [0.2, 0.25) is 5.02 Å². The highest BCUT2D eigenvalue weighted by atomic mass is 127. The third-order valence-electron chi connectivity index (χ3n) is 1.94. The van der Waals surface area contributed by atoms with E-state index in [1.807, 2.05) is 24.3 Å². The van der Waals surface area contributed by atoms with Crippen LogP contribution in [0.4, 0.5) is 0 Å². The molecule has 16 heavy (non-hydrogen) atoms. The van der Waals surface area contributed by atoms with Gasteiger partial charge in [-0.3, -0.25) is 0 Å². The van der Waals surface area contributed by atoms with E-state index in [9.17, 15) is 0 Å². The second-order valence-electron chi connectivity index (χ2n) is 3.13. The van der Waals surface area contributed by atoms with Crippen molar-refractivity contribution in [2.75, 3.05) is 0 Å². The van der Waals surface area contributed by atoms with Crippen molar-refractivity contribution in [1.29, 1.82) is 0 Å². The minimum atomic E-state index is 0.769. The van der Waals surface area contributed by atoms with Crippen LogP contribution in [-0.4, -0.2) is 0 Å². The maximum Gasteiger partial charge on any atom is 0.0406 e. The van der Waals surface area contributed by atoms with Crippen LogP contribution in [0.3, 0.4) is 0 Å². The Morgan fingerprint density at radius 3 is 2.38 bits per heavy atom. The van der Waals surface area contributed by atoms with Gasteiger partial charge in [-0.25, -0.2) is 0 Å². The second-order valence-corrected chi connectivity index (χ2v) is 6.78. The summed E-state index contributed by atoms with van der Waals surface area (Å²) in [5.41, 5.74) is 0. The fraction of sp³-hybridized carbons (Fsp3) is 0. The van der Waals surface area contributed by atoms with Crippen molar-refractivity contribution in [2.24, 2.45) is 0 Å². The summed E-state index contributed by atoms with van der Waals surface area (Å²) >= 11 is 13.4. The Morgan fingerprint density at radius 1 is 1.06 bits per heavy atom. The molecule has 0 fully saturated rings. The predicted molar refractivity (Wildman–Crippen MR) is 82.4 cm³/mol. The van der Waals surface area contributed by atoms with Gasteiger partial charge >= 0.3 is 0 Å². The Bertz CT molecular complexity index is 499. The number of halogens is 3. The lowest BCUT2D eigenvalue weighted by molar-refractivity contribution is 1.36. The minimum Gasteiger partial charge on any atom is -0.0889 e. The van der Waals surface area contributed by atoms with Gasteiger partial charge in [0.2, 0.25) is 0 Å². The lowest BCUT2D eigenvalue weighted by Crippen LogP contribution is -1.78. The van der Waals surface area contributed by atoms with Crippen molar-refractivity contribution in [3.05, 3.63) is 55.5 Å². The summed E-state index contributed by atoms with van der Waals surface area (Å²) in [4.78, 5) is 2.40. The van der Waals surface area contributed by atoms with Crippen LogP contribution < -0.4 is 0 Å². The first-order valence-electron chi connectivity index (χ1n) is 4.53. The molecule has 0 heterocycles. The molecule has 0 nitrogen and oxygen atoms in total. The molecule has 0 N–H and O–H groups in total. The molecule has 2 aromatic rings. The smallest absolute Gasteiger partial charge is 0.0406 e. The van der Waals surface area contributed by atoms with Crippen molar-refractivity contribution in [1.82, 2.24) is 0 Å². The maximum atomic E-state index is 5.85. The molecule has 4 heteroatoms. The Balaban J connectivity index is 2.23. The first-order valence-corrected chi connectivity index (χ1v) is 7.60. The fourth-order valence-electron chi connectivity index (χ4n) is 1.19. The van der Waals surface area contributed by atoms with E-state index < -0.39 is 0 Å². The van der Waals surface area contributed by atoms with Crippen molar-refractivity contribution >= 4 is 61.9 Å². The molecule has 82 valence electrons. The lowest BCUT2D eigenvalue weighted by Gasteiger charge is -2.04. The molecular formula is C12H7BrClIS. The molecule has 2 rings (SSSR count). The zero-order valence-corrected chi connectivity index (χ0v) is 13.4. The molecule has 2 aromatic carbocycles. The molecule has 0 aliphatic rings. The van der Waals surface area contributed by atoms with Crippen molar-refractivity contribution in [2.45, 2.75) is 9.79 Å². The average Bonchev–Trinajstić information content (AvgIpc) is 2.25. The molecule has 0 radical (unpaired) electrons. The van der Waals surface area contributed by atoms with E-state index in [-0.39, 0.29) is 0 Å². The Hall–Kier alpha value is 0.290. The van der Waals surface area contributed by atoms with Crippen molar-refractivity contribution < 1.29 is 0 Å². The van der Waals surface area contributed by atoms with E-state index in [1.165, 1.54) is 13.4 Å². The van der Waals surface area contributed by atoms with Gasteiger partial charge in [0, 0.05) is 22.9 Å². The van der Waals surface area contributed by atoms with Gasteiger partial charge in [0.25, 0.3) is 0 Å². The number of rotatable bonds is 2. The maximum absolute atomic E-state index is 5.85. The summed E-state index contributed by atoms with van der Waals surface area (Å²) in [6.45, 7) is 0. The SMILES string of the molecule is Clc1ccc(Sc2ccc(I)cc2Br)cc1. The molecule has 0 spiro atoms. The van der Waals surface area contributed by atoms with E-state index in [0.717, 1.165) is 9.50 Å². The normalized spacial score (nSPS) is 10.4. The highest BCUT2D eigenvalue weighted by Gasteiger charge is 2.02. The van der Waals surface area contributed by atoms with Crippen LogP contribution in [0.15, 0.2) is 56.7 Å². The fourth-order valence-corrected chi connectivity index (χ4v) is 3.67. The molecule has 0 aliphatic heterocycles. The zero-order valence-electron chi connectivity index (χ0n) is 8.08. The van der Waals surface area contributed by atoms with Gasteiger partial charge in [-0.2, -0.15) is 0 Å². The van der Waals surface area contributed by atoms with Crippen LogP contribution in [0, 0.1) is 3.57 Å². The Labute approximate surface area is 126 Å². The minimum absolute atomic E-state index is 0.769. The zero-order chi connectivity index (χ0) is 11.5. The molecule has 0 unspecified atom stereocenters. The van der Waals surface area contributed by atoms with Gasteiger partial charge in [0.05, 0.1) is 0 Å². The molecule has 0 bridgehead atoms. The summed E-state index contributed by atoms with van der Waals surface area (Å²) in [5.74, 6) is 0. The van der Waals surface area contributed by atoms with Gasteiger partial charge in [-0.05, 0) is 81.0 Å². The molecular weight excluding hydrogens is 418 g/mol. The average molecular weight is 426 g/mol. The van der Waals surface area contributed by atoms with Gasteiger partial charge < -0.3 is 0 Å². The first kappa shape index (κ1) is 12.7. The molecule has 0 aliphatic carbocycles. The molecule has 0 aromatic heterocycles.